The third-order valence-corrected chi connectivity index (χ3v) is 2.14. The fourth-order valence-electron chi connectivity index (χ4n) is 1.23. The van der Waals surface area contributed by atoms with Gasteiger partial charge in [0.15, 0.2) is 0 Å². The number of nitrogens with zero attached hydrogens (tertiary/aromatic N) is 1. The number of carbonyl (C=O) groups excluding carboxylic acids is 2. The van der Waals surface area contributed by atoms with Crippen molar-refractivity contribution in [2.24, 2.45) is 11.5 Å². The molecule has 0 aliphatic heterocycles. The fraction of sp³-hybridized carbons (Fsp3) is 0. The van der Waals surface area contributed by atoms with Crippen LogP contribution in [0, 0.1) is 0 Å². The molecule has 1 heterocycles. The zero-order valence-corrected chi connectivity index (χ0v) is 10.1. The molecule has 0 bridgehead atoms. The Labute approximate surface area is 110 Å². The Bertz CT molecular complexity index is 570. The van der Waals surface area contributed by atoms with E-state index in [9.17, 15) is 9.59 Å². The van der Waals surface area contributed by atoms with Crippen LogP contribution in [0.15, 0.2) is 48.7 Å². The molecule has 0 saturated carbocycles. The summed E-state index contributed by atoms with van der Waals surface area (Å²) in [6.45, 7) is 0. The van der Waals surface area contributed by atoms with E-state index in [0.29, 0.717) is 16.9 Å². The monoisotopic (exact) mass is 258 g/mol. The van der Waals surface area contributed by atoms with Crippen LogP contribution in [0.25, 0.3) is 0 Å². The molecule has 98 valence electrons. The largest absolute Gasteiger partial charge is 0.398 e. The van der Waals surface area contributed by atoms with E-state index in [1.807, 2.05) is 0 Å². The summed E-state index contributed by atoms with van der Waals surface area (Å²) in [6.07, 6.45) is 1.53. The Morgan fingerprint density at radius 2 is 1.53 bits per heavy atom. The van der Waals surface area contributed by atoms with E-state index < -0.39 is 11.8 Å². The first-order valence-electron chi connectivity index (χ1n) is 5.37. The maximum absolute atomic E-state index is 10.6. The molecule has 0 atom stereocenters. The number of nitrogens with two attached hydrogens (primary N) is 3. The molecule has 0 unspecified atom stereocenters. The molecular formula is C13H14N4O2. The van der Waals surface area contributed by atoms with Crippen molar-refractivity contribution in [3.8, 4) is 0 Å². The Morgan fingerprint density at radius 1 is 0.895 bits per heavy atom. The van der Waals surface area contributed by atoms with E-state index in [2.05, 4.69) is 4.98 Å². The summed E-state index contributed by atoms with van der Waals surface area (Å²) in [5.41, 5.74) is 16.4. The van der Waals surface area contributed by atoms with Crippen LogP contribution in [0.1, 0.15) is 20.8 Å². The SMILES string of the molecule is NC(=O)c1ccccc1N.NC(=O)c1ccccn1. The van der Waals surface area contributed by atoms with Crippen LogP contribution in [0.3, 0.4) is 0 Å². The number of benzene rings is 1. The molecular weight excluding hydrogens is 244 g/mol. The molecule has 6 N–H and O–H groups in total. The number of anilines is 1. The number of primary amides is 2. The Balaban J connectivity index is 0.000000191. The first-order valence-corrected chi connectivity index (χ1v) is 5.37. The zero-order valence-electron chi connectivity index (χ0n) is 10.1. The smallest absolute Gasteiger partial charge is 0.267 e. The number of aromatic nitrogens is 1. The second-order valence-corrected chi connectivity index (χ2v) is 3.53. The maximum Gasteiger partial charge on any atom is 0.267 e. The topological polar surface area (TPSA) is 125 Å². The summed E-state index contributed by atoms with van der Waals surface area (Å²) in [6, 6.07) is 11.7. The van der Waals surface area contributed by atoms with E-state index >= 15 is 0 Å². The molecule has 0 spiro atoms. The van der Waals surface area contributed by atoms with Gasteiger partial charge in [0.1, 0.15) is 5.69 Å². The lowest BCUT2D eigenvalue weighted by Gasteiger charge is -1.97. The quantitative estimate of drug-likeness (QED) is 0.680. The van der Waals surface area contributed by atoms with Crippen molar-refractivity contribution >= 4 is 17.5 Å². The number of pyridine rings is 1. The third-order valence-electron chi connectivity index (χ3n) is 2.14. The predicted octanol–water partition coefficient (Wildman–Crippen LogP) is 0.548. The number of carbonyl (C=O) groups is 2. The molecule has 2 aromatic rings. The second-order valence-electron chi connectivity index (χ2n) is 3.53. The molecule has 2 rings (SSSR count). The molecule has 6 nitrogen and oxygen atoms in total. The van der Waals surface area contributed by atoms with Crippen molar-refractivity contribution < 1.29 is 9.59 Å². The van der Waals surface area contributed by atoms with E-state index in [4.69, 9.17) is 17.2 Å². The summed E-state index contributed by atoms with van der Waals surface area (Å²) in [7, 11) is 0. The van der Waals surface area contributed by atoms with Crippen molar-refractivity contribution in [2.75, 3.05) is 5.73 Å². The molecule has 0 radical (unpaired) electrons. The van der Waals surface area contributed by atoms with Gasteiger partial charge in [0.2, 0.25) is 0 Å². The van der Waals surface area contributed by atoms with Crippen molar-refractivity contribution in [2.45, 2.75) is 0 Å². The summed E-state index contributed by atoms with van der Waals surface area (Å²) in [5, 5.41) is 0. The first-order chi connectivity index (χ1) is 9.02. The molecule has 0 saturated heterocycles. The molecule has 0 fully saturated rings. The Morgan fingerprint density at radius 3 is 1.89 bits per heavy atom. The van der Waals surface area contributed by atoms with Gasteiger partial charge in [0.05, 0.1) is 5.56 Å². The van der Waals surface area contributed by atoms with Gasteiger partial charge in [-0.1, -0.05) is 18.2 Å². The van der Waals surface area contributed by atoms with E-state index in [1.54, 1.807) is 42.5 Å². The Hall–Kier alpha value is -2.89. The van der Waals surface area contributed by atoms with Crippen molar-refractivity contribution in [1.29, 1.82) is 0 Å². The van der Waals surface area contributed by atoms with Crippen LogP contribution in [0.4, 0.5) is 5.69 Å². The number of hydrogen-bond donors (Lipinski definition) is 3. The Kier molecular flexibility index (Phi) is 5.04. The van der Waals surface area contributed by atoms with Crippen LogP contribution in [0.2, 0.25) is 0 Å². The molecule has 19 heavy (non-hydrogen) atoms. The standard InChI is InChI=1S/C7H8N2O.C6H6N2O/c8-6-4-2-1-3-5(6)7(9)10;7-6(9)5-3-1-2-4-8-5/h1-4H,8H2,(H2,9,10);1-4H,(H2,7,9). The van der Waals surface area contributed by atoms with Crippen molar-refractivity contribution in [1.82, 2.24) is 4.98 Å². The van der Waals surface area contributed by atoms with Crippen LogP contribution >= 0.6 is 0 Å². The van der Waals surface area contributed by atoms with E-state index in [0.717, 1.165) is 0 Å². The van der Waals surface area contributed by atoms with Crippen LogP contribution in [-0.2, 0) is 0 Å². The molecule has 0 aliphatic rings. The molecule has 1 aromatic carbocycles. The minimum Gasteiger partial charge on any atom is -0.398 e. The highest BCUT2D eigenvalue weighted by atomic mass is 16.1. The van der Waals surface area contributed by atoms with Gasteiger partial charge < -0.3 is 17.2 Å². The van der Waals surface area contributed by atoms with Crippen LogP contribution in [0.5, 0.6) is 0 Å². The van der Waals surface area contributed by atoms with Gasteiger partial charge in [-0.15, -0.1) is 0 Å². The summed E-state index contributed by atoms with van der Waals surface area (Å²) < 4.78 is 0. The minimum atomic E-state index is -0.490. The van der Waals surface area contributed by atoms with Crippen LogP contribution < -0.4 is 17.2 Å². The van der Waals surface area contributed by atoms with Gasteiger partial charge in [0, 0.05) is 11.9 Å². The van der Waals surface area contributed by atoms with Crippen LogP contribution in [-0.4, -0.2) is 16.8 Å². The number of hydrogen-bond acceptors (Lipinski definition) is 4. The summed E-state index contributed by atoms with van der Waals surface area (Å²) in [5.74, 6) is -0.978. The zero-order chi connectivity index (χ0) is 14.3. The predicted molar refractivity (Wildman–Crippen MR) is 72.1 cm³/mol. The van der Waals surface area contributed by atoms with Gasteiger partial charge in [-0.05, 0) is 24.3 Å². The average molecular weight is 258 g/mol. The normalized spacial score (nSPS) is 9.05. The van der Waals surface area contributed by atoms with Gasteiger partial charge in [-0.3, -0.25) is 14.6 Å². The number of amides is 2. The van der Waals surface area contributed by atoms with Gasteiger partial charge in [-0.25, -0.2) is 0 Å². The minimum absolute atomic E-state index is 0.303. The van der Waals surface area contributed by atoms with E-state index in [1.165, 1.54) is 6.20 Å². The number of nitrogen functional groups attached to an aromatic ring is 1. The maximum atomic E-state index is 10.6. The van der Waals surface area contributed by atoms with Crippen molar-refractivity contribution in [3.05, 3.63) is 59.9 Å². The van der Waals surface area contributed by atoms with Gasteiger partial charge in [0.25, 0.3) is 11.8 Å². The second kappa shape index (κ2) is 6.75. The first kappa shape index (κ1) is 14.2. The fourth-order valence-corrected chi connectivity index (χ4v) is 1.23. The highest BCUT2D eigenvalue weighted by molar-refractivity contribution is 5.97. The molecule has 2 amide bonds. The molecule has 6 heteroatoms. The number of para-hydroxylation sites is 1. The number of rotatable bonds is 2. The summed E-state index contributed by atoms with van der Waals surface area (Å²) >= 11 is 0. The summed E-state index contributed by atoms with van der Waals surface area (Å²) in [4.78, 5) is 24.6. The van der Waals surface area contributed by atoms with Crippen molar-refractivity contribution in [3.63, 3.8) is 0 Å². The highest BCUT2D eigenvalue weighted by Crippen LogP contribution is 2.08. The lowest BCUT2D eigenvalue weighted by molar-refractivity contribution is 0.0989. The van der Waals surface area contributed by atoms with Gasteiger partial charge >= 0.3 is 0 Å². The van der Waals surface area contributed by atoms with Gasteiger partial charge in [-0.2, -0.15) is 0 Å². The average Bonchev–Trinajstić information content (AvgIpc) is 2.40. The molecule has 0 aliphatic carbocycles. The third kappa shape index (κ3) is 4.47. The lowest BCUT2D eigenvalue weighted by atomic mass is 10.2. The highest BCUT2D eigenvalue weighted by Gasteiger charge is 2.01. The molecule has 1 aromatic heterocycles. The lowest BCUT2D eigenvalue weighted by Crippen LogP contribution is -2.12. The van der Waals surface area contributed by atoms with E-state index in [-0.39, 0.29) is 0 Å².